The van der Waals surface area contributed by atoms with E-state index in [0.717, 1.165) is 6.42 Å². The molecule has 0 bridgehead atoms. The van der Waals surface area contributed by atoms with Gasteiger partial charge in [0.05, 0.1) is 18.1 Å². The van der Waals surface area contributed by atoms with Crippen molar-refractivity contribution in [2.45, 2.75) is 38.3 Å². The number of carbonyl (C=O) groups is 2. The molecule has 3 atom stereocenters. The molecule has 5 nitrogen and oxygen atoms in total. The Kier molecular flexibility index (Phi) is 3.46. The molecule has 0 spiro atoms. The molecule has 0 heterocycles. The number of rotatable bonds is 2. The lowest BCUT2D eigenvalue weighted by Crippen LogP contribution is -2.50. The molecule has 0 saturated heterocycles. The molecule has 0 aromatic rings. The molecule has 5 heteroatoms. The monoisotopic (exact) mass is 201 g/mol. The lowest BCUT2D eigenvalue weighted by molar-refractivity contribution is -0.149. The van der Waals surface area contributed by atoms with Crippen LogP contribution in [-0.4, -0.2) is 34.2 Å². The minimum atomic E-state index is -0.993. The minimum Gasteiger partial charge on any atom is -0.481 e. The maximum atomic E-state index is 10.8. The molecule has 0 aliphatic heterocycles. The fraction of sp³-hybridized carbons (Fsp3) is 0.778. The first-order valence-electron chi connectivity index (χ1n) is 4.70. The lowest BCUT2D eigenvalue weighted by Gasteiger charge is -2.32. The molecule has 1 aliphatic rings. The first-order valence-corrected chi connectivity index (χ1v) is 4.70. The van der Waals surface area contributed by atoms with Crippen molar-refractivity contribution in [3.05, 3.63) is 0 Å². The van der Waals surface area contributed by atoms with Gasteiger partial charge in [0.1, 0.15) is 0 Å². The Bertz CT molecular complexity index is 241. The second-order valence-corrected chi connectivity index (χ2v) is 3.67. The first-order chi connectivity index (χ1) is 6.52. The highest BCUT2D eigenvalue weighted by atomic mass is 16.4. The summed E-state index contributed by atoms with van der Waals surface area (Å²) < 4.78 is 0. The van der Waals surface area contributed by atoms with Crippen LogP contribution in [0.1, 0.15) is 26.2 Å². The summed E-state index contributed by atoms with van der Waals surface area (Å²) in [5.41, 5.74) is 0. The number of carboxylic acid groups (broad SMARTS) is 1. The largest absolute Gasteiger partial charge is 0.481 e. The molecule has 0 aromatic heterocycles. The van der Waals surface area contributed by atoms with E-state index in [1.54, 1.807) is 0 Å². The lowest BCUT2D eigenvalue weighted by atomic mass is 9.83. The molecule has 1 aliphatic carbocycles. The van der Waals surface area contributed by atoms with E-state index < -0.39 is 24.0 Å². The van der Waals surface area contributed by atoms with Crippen LogP contribution in [0, 0.1) is 5.92 Å². The van der Waals surface area contributed by atoms with E-state index in [2.05, 4.69) is 5.32 Å². The summed E-state index contributed by atoms with van der Waals surface area (Å²) >= 11 is 0. The highest BCUT2D eigenvalue weighted by Crippen LogP contribution is 2.25. The van der Waals surface area contributed by atoms with Gasteiger partial charge in [-0.3, -0.25) is 9.59 Å². The van der Waals surface area contributed by atoms with Crippen molar-refractivity contribution in [3.63, 3.8) is 0 Å². The predicted octanol–water partition coefficient (Wildman–Crippen LogP) is -0.263. The van der Waals surface area contributed by atoms with Crippen LogP contribution in [0.4, 0.5) is 0 Å². The number of aliphatic carboxylic acids is 1. The summed E-state index contributed by atoms with van der Waals surface area (Å²) in [5.74, 6) is -1.98. The molecule has 1 saturated carbocycles. The minimum absolute atomic E-state index is 0.236. The molecule has 80 valence electrons. The number of carbonyl (C=O) groups excluding carboxylic acids is 1. The normalized spacial score (nSPS) is 32.3. The molecule has 1 rings (SSSR count). The Morgan fingerprint density at radius 3 is 2.50 bits per heavy atom. The third-order valence-corrected chi connectivity index (χ3v) is 2.56. The number of carboxylic acids is 1. The molecule has 0 radical (unpaired) electrons. The quantitative estimate of drug-likeness (QED) is 0.574. The predicted molar refractivity (Wildman–Crippen MR) is 48.6 cm³/mol. The highest BCUT2D eigenvalue weighted by Gasteiger charge is 2.36. The Balaban J connectivity index is 2.61. The van der Waals surface area contributed by atoms with E-state index in [-0.39, 0.29) is 5.91 Å². The smallest absolute Gasteiger partial charge is 0.309 e. The van der Waals surface area contributed by atoms with Gasteiger partial charge in [0.15, 0.2) is 0 Å². The van der Waals surface area contributed by atoms with Crippen LogP contribution in [0.15, 0.2) is 0 Å². The van der Waals surface area contributed by atoms with Crippen LogP contribution in [0.2, 0.25) is 0 Å². The summed E-state index contributed by atoms with van der Waals surface area (Å²) in [4.78, 5) is 21.5. The third-order valence-electron chi connectivity index (χ3n) is 2.56. The van der Waals surface area contributed by atoms with Crippen molar-refractivity contribution in [2.75, 3.05) is 0 Å². The zero-order chi connectivity index (χ0) is 10.7. The topological polar surface area (TPSA) is 86.6 Å². The molecule has 1 fully saturated rings. The van der Waals surface area contributed by atoms with E-state index in [1.807, 2.05) is 0 Å². The maximum Gasteiger partial charge on any atom is 0.309 e. The van der Waals surface area contributed by atoms with Crippen LogP contribution in [0.3, 0.4) is 0 Å². The molecule has 0 unspecified atom stereocenters. The van der Waals surface area contributed by atoms with Crippen LogP contribution in [0.25, 0.3) is 0 Å². The van der Waals surface area contributed by atoms with Gasteiger partial charge < -0.3 is 15.5 Å². The second-order valence-electron chi connectivity index (χ2n) is 3.67. The number of aliphatic hydroxyl groups is 1. The maximum absolute atomic E-state index is 10.8. The Hall–Kier alpha value is -1.10. The van der Waals surface area contributed by atoms with E-state index in [1.165, 1.54) is 6.92 Å². The number of nitrogens with one attached hydrogen (secondary N) is 1. The van der Waals surface area contributed by atoms with Gasteiger partial charge in [-0.2, -0.15) is 0 Å². The van der Waals surface area contributed by atoms with Gasteiger partial charge in [-0.25, -0.2) is 0 Å². The van der Waals surface area contributed by atoms with E-state index in [4.69, 9.17) is 5.11 Å². The zero-order valence-electron chi connectivity index (χ0n) is 8.06. The molecular formula is C9H15NO4. The summed E-state index contributed by atoms with van der Waals surface area (Å²) in [5, 5.41) is 21.0. The van der Waals surface area contributed by atoms with Crippen molar-refractivity contribution in [1.82, 2.24) is 5.32 Å². The summed E-state index contributed by atoms with van der Waals surface area (Å²) in [6.45, 7) is 1.36. The van der Waals surface area contributed by atoms with Crippen molar-refractivity contribution in [1.29, 1.82) is 0 Å². The van der Waals surface area contributed by atoms with E-state index >= 15 is 0 Å². The number of aliphatic hydroxyl groups excluding tert-OH is 1. The molecule has 0 aromatic carbocycles. The van der Waals surface area contributed by atoms with Gasteiger partial charge >= 0.3 is 5.97 Å². The first kappa shape index (κ1) is 11.0. The van der Waals surface area contributed by atoms with E-state index in [0.29, 0.717) is 12.8 Å². The van der Waals surface area contributed by atoms with Crippen molar-refractivity contribution >= 4 is 11.9 Å². The summed E-state index contributed by atoms with van der Waals surface area (Å²) in [6, 6.07) is -0.414. The van der Waals surface area contributed by atoms with Gasteiger partial charge in [0.2, 0.25) is 5.91 Å². The van der Waals surface area contributed by atoms with Crippen LogP contribution in [0.5, 0.6) is 0 Å². The fourth-order valence-electron chi connectivity index (χ4n) is 1.87. The average Bonchev–Trinajstić information content (AvgIpc) is 2.07. The SMILES string of the molecule is CC(=O)N[C@@H]1CCC[C@H](C(=O)O)[C@@H]1O. The fourth-order valence-corrected chi connectivity index (χ4v) is 1.87. The van der Waals surface area contributed by atoms with Gasteiger partial charge in [-0.1, -0.05) is 6.42 Å². The van der Waals surface area contributed by atoms with Gasteiger partial charge in [-0.15, -0.1) is 0 Å². The molecule has 1 amide bonds. The molecule has 14 heavy (non-hydrogen) atoms. The Morgan fingerprint density at radius 1 is 1.36 bits per heavy atom. The van der Waals surface area contributed by atoms with Crippen molar-refractivity contribution < 1.29 is 19.8 Å². The summed E-state index contributed by atoms with van der Waals surface area (Å²) in [6.07, 6.45) is 0.876. The number of hydrogen-bond acceptors (Lipinski definition) is 3. The third kappa shape index (κ3) is 2.45. The van der Waals surface area contributed by atoms with Crippen molar-refractivity contribution in [2.24, 2.45) is 5.92 Å². The molecular weight excluding hydrogens is 186 g/mol. The molecule has 3 N–H and O–H groups in total. The standard InChI is InChI=1S/C9H15NO4/c1-5(11)10-7-4-2-3-6(8(7)12)9(13)14/h6-8,12H,2-4H2,1H3,(H,10,11)(H,13,14)/t6-,7+,8-/m0/s1. The van der Waals surface area contributed by atoms with Crippen LogP contribution in [-0.2, 0) is 9.59 Å². The Morgan fingerprint density at radius 2 is 2.00 bits per heavy atom. The second kappa shape index (κ2) is 4.41. The zero-order valence-corrected chi connectivity index (χ0v) is 8.06. The highest BCUT2D eigenvalue weighted by molar-refractivity contribution is 5.74. The average molecular weight is 201 g/mol. The van der Waals surface area contributed by atoms with Crippen molar-refractivity contribution in [3.8, 4) is 0 Å². The van der Waals surface area contributed by atoms with Crippen LogP contribution >= 0.6 is 0 Å². The Labute approximate surface area is 82.1 Å². The number of amides is 1. The number of hydrogen-bond donors (Lipinski definition) is 3. The van der Waals surface area contributed by atoms with Crippen LogP contribution < -0.4 is 5.32 Å². The van der Waals surface area contributed by atoms with Gasteiger partial charge in [-0.05, 0) is 12.8 Å². The summed E-state index contributed by atoms with van der Waals surface area (Å²) in [7, 11) is 0. The van der Waals surface area contributed by atoms with Gasteiger partial charge in [0, 0.05) is 6.92 Å². The van der Waals surface area contributed by atoms with E-state index in [9.17, 15) is 14.7 Å². The van der Waals surface area contributed by atoms with Gasteiger partial charge in [0.25, 0.3) is 0 Å².